The summed E-state index contributed by atoms with van der Waals surface area (Å²) >= 11 is 0. The van der Waals surface area contributed by atoms with Gasteiger partial charge in [-0.2, -0.15) is 5.10 Å². The molecule has 0 unspecified atom stereocenters. The van der Waals surface area contributed by atoms with Crippen molar-refractivity contribution in [3.63, 3.8) is 0 Å². The van der Waals surface area contributed by atoms with Crippen LogP contribution in [0.4, 0.5) is 0 Å². The van der Waals surface area contributed by atoms with Crippen molar-refractivity contribution in [2.24, 2.45) is 5.92 Å². The predicted molar refractivity (Wildman–Crippen MR) is 77.5 cm³/mol. The molecule has 1 heterocycles. The van der Waals surface area contributed by atoms with Crippen LogP contribution >= 0.6 is 0 Å². The van der Waals surface area contributed by atoms with Gasteiger partial charge in [0.25, 0.3) is 0 Å². The molecule has 0 bridgehead atoms. The van der Waals surface area contributed by atoms with Crippen molar-refractivity contribution >= 4 is 0 Å². The van der Waals surface area contributed by atoms with Crippen LogP contribution in [0.2, 0.25) is 0 Å². The molecule has 2 rings (SSSR count). The van der Waals surface area contributed by atoms with Crippen molar-refractivity contribution < 1.29 is 4.74 Å². The highest BCUT2D eigenvalue weighted by Crippen LogP contribution is 2.22. The van der Waals surface area contributed by atoms with E-state index in [0.717, 1.165) is 44.3 Å². The zero-order chi connectivity index (χ0) is 13.3. The van der Waals surface area contributed by atoms with Crippen LogP contribution < -0.4 is 10.1 Å². The van der Waals surface area contributed by atoms with Gasteiger partial charge in [-0.15, -0.1) is 0 Å². The summed E-state index contributed by atoms with van der Waals surface area (Å²) in [4.78, 5) is 0. The SMILES string of the molecule is CCCn1cc(OCCNCC2CCCCC2)cn1. The first-order valence-electron chi connectivity index (χ1n) is 7.74. The van der Waals surface area contributed by atoms with Gasteiger partial charge in [0.15, 0.2) is 5.75 Å². The molecule has 0 aliphatic heterocycles. The fourth-order valence-electron chi connectivity index (χ4n) is 2.71. The second kappa shape index (κ2) is 8.20. The molecule has 0 radical (unpaired) electrons. The molecule has 1 aromatic heterocycles. The number of ether oxygens (including phenoxy) is 1. The highest BCUT2D eigenvalue weighted by Gasteiger charge is 2.12. The highest BCUT2D eigenvalue weighted by atomic mass is 16.5. The third-order valence-electron chi connectivity index (χ3n) is 3.77. The largest absolute Gasteiger partial charge is 0.489 e. The predicted octanol–water partition coefficient (Wildman–Crippen LogP) is 2.84. The second-order valence-electron chi connectivity index (χ2n) is 5.50. The van der Waals surface area contributed by atoms with Crippen LogP contribution in [0.15, 0.2) is 12.4 Å². The molecule has 1 aromatic rings. The molecule has 0 atom stereocenters. The quantitative estimate of drug-likeness (QED) is 0.735. The molecule has 1 N–H and O–H groups in total. The molecule has 0 spiro atoms. The number of hydrogen-bond donors (Lipinski definition) is 1. The van der Waals surface area contributed by atoms with Crippen LogP contribution in [0.3, 0.4) is 0 Å². The van der Waals surface area contributed by atoms with Gasteiger partial charge in [0.1, 0.15) is 6.61 Å². The van der Waals surface area contributed by atoms with E-state index in [1.165, 1.54) is 32.1 Å². The fraction of sp³-hybridized carbons (Fsp3) is 0.800. The first-order chi connectivity index (χ1) is 9.38. The van der Waals surface area contributed by atoms with Crippen LogP contribution in [-0.4, -0.2) is 29.5 Å². The van der Waals surface area contributed by atoms with Crippen LogP contribution in [0.25, 0.3) is 0 Å². The number of nitrogens with zero attached hydrogens (tertiary/aromatic N) is 2. The van der Waals surface area contributed by atoms with E-state index < -0.39 is 0 Å². The molecule has 108 valence electrons. The average molecular weight is 265 g/mol. The van der Waals surface area contributed by atoms with Crippen molar-refractivity contribution in [3.05, 3.63) is 12.4 Å². The Morgan fingerprint density at radius 2 is 2.21 bits per heavy atom. The topological polar surface area (TPSA) is 39.1 Å². The summed E-state index contributed by atoms with van der Waals surface area (Å²) in [6, 6.07) is 0. The smallest absolute Gasteiger partial charge is 0.157 e. The third kappa shape index (κ3) is 5.23. The third-order valence-corrected chi connectivity index (χ3v) is 3.77. The summed E-state index contributed by atoms with van der Waals surface area (Å²) in [7, 11) is 0. The number of aromatic nitrogens is 2. The maximum absolute atomic E-state index is 5.68. The minimum absolute atomic E-state index is 0.727. The summed E-state index contributed by atoms with van der Waals surface area (Å²) in [5.41, 5.74) is 0. The Bertz CT molecular complexity index is 345. The summed E-state index contributed by atoms with van der Waals surface area (Å²) in [6.45, 7) is 5.92. The van der Waals surface area contributed by atoms with E-state index in [1.54, 1.807) is 6.20 Å². The normalized spacial score (nSPS) is 16.7. The fourth-order valence-corrected chi connectivity index (χ4v) is 2.71. The first-order valence-corrected chi connectivity index (χ1v) is 7.74. The second-order valence-corrected chi connectivity index (χ2v) is 5.50. The minimum atomic E-state index is 0.727. The van der Waals surface area contributed by atoms with Gasteiger partial charge in [0.2, 0.25) is 0 Å². The molecular weight excluding hydrogens is 238 g/mol. The standard InChI is InChI=1S/C15H27N3O/c1-2-9-18-13-15(12-17-18)19-10-8-16-11-14-6-4-3-5-7-14/h12-14,16H,2-11H2,1H3. The number of hydrogen-bond acceptors (Lipinski definition) is 3. The summed E-state index contributed by atoms with van der Waals surface area (Å²) in [5, 5.41) is 7.75. The maximum atomic E-state index is 5.68. The monoisotopic (exact) mass is 265 g/mol. The van der Waals surface area contributed by atoms with Crippen LogP contribution in [0.1, 0.15) is 45.4 Å². The number of rotatable bonds is 8. The lowest BCUT2D eigenvalue weighted by molar-refractivity contribution is 0.294. The van der Waals surface area contributed by atoms with Gasteiger partial charge in [-0.3, -0.25) is 4.68 Å². The summed E-state index contributed by atoms with van der Waals surface area (Å²) in [5.74, 6) is 1.77. The molecule has 1 aliphatic carbocycles. The Kier molecular flexibility index (Phi) is 6.21. The Morgan fingerprint density at radius 3 is 3.00 bits per heavy atom. The Morgan fingerprint density at radius 1 is 1.37 bits per heavy atom. The Hall–Kier alpha value is -1.03. The van der Waals surface area contributed by atoms with Gasteiger partial charge < -0.3 is 10.1 Å². The van der Waals surface area contributed by atoms with E-state index in [9.17, 15) is 0 Å². The van der Waals surface area contributed by atoms with Gasteiger partial charge in [-0.25, -0.2) is 0 Å². The zero-order valence-electron chi connectivity index (χ0n) is 12.1. The molecule has 0 aromatic carbocycles. The van der Waals surface area contributed by atoms with Gasteiger partial charge in [-0.05, 0) is 31.7 Å². The lowest BCUT2D eigenvalue weighted by Gasteiger charge is -2.21. The molecule has 1 fully saturated rings. The lowest BCUT2D eigenvalue weighted by Crippen LogP contribution is -2.28. The van der Waals surface area contributed by atoms with Gasteiger partial charge in [0, 0.05) is 13.1 Å². The van der Waals surface area contributed by atoms with Crippen molar-refractivity contribution in [1.29, 1.82) is 0 Å². The minimum Gasteiger partial charge on any atom is -0.489 e. The van der Waals surface area contributed by atoms with Crippen LogP contribution in [0.5, 0.6) is 5.75 Å². The molecule has 1 aliphatic rings. The van der Waals surface area contributed by atoms with Gasteiger partial charge >= 0.3 is 0 Å². The molecule has 1 saturated carbocycles. The van der Waals surface area contributed by atoms with Gasteiger partial charge in [-0.1, -0.05) is 26.2 Å². The molecule has 0 amide bonds. The molecule has 19 heavy (non-hydrogen) atoms. The van der Waals surface area contributed by atoms with E-state index in [4.69, 9.17) is 4.74 Å². The maximum Gasteiger partial charge on any atom is 0.157 e. The van der Waals surface area contributed by atoms with Crippen molar-refractivity contribution in [1.82, 2.24) is 15.1 Å². The Labute approximate surface area is 116 Å². The molecular formula is C15H27N3O. The lowest BCUT2D eigenvalue weighted by atomic mass is 9.89. The van der Waals surface area contributed by atoms with E-state index in [-0.39, 0.29) is 0 Å². The van der Waals surface area contributed by atoms with Crippen molar-refractivity contribution in [2.75, 3.05) is 19.7 Å². The first kappa shape index (κ1) is 14.4. The van der Waals surface area contributed by atoms with E-state index in [2.05, 4.69) is 17.3 Å². The highest BCUT2D eigenvalue weighted by molar-refractivity contribution is 5.11. The Balaban J connectivity index is 1.53. The van der Waals surface area contributed by atoms with Crippen molar-refractivity contribution in [2.45, 2.75) is 52.0 Å². The van der Waals surface area contributed by atoms with Gasteiger partial charge in [0.05, 0.1) is 12.4 Å². The van der Waals surface area contributed by atoms with Crippen molar-refractivity contribution in [3.8, 4) is 5.75 Å². The van der Waals surface area contributed by atoms with E-state index in [0.29, 0.717) is 0 Å². The van der Waals surface area contributed by atoms with E-state index in [1.807, 2.05) is 10.9 Å². The van der Waals surface area contributed by atoms with Crippen LogP contribution in [0, 0.1) is 5.92 Å². The molecule has 0 saturated heterocycles. The molecule has 4 heteroatoms. The van der Waals surface area contributed by atoms with E-state index >= 15 is 0 Å². The summed E-state index contributed by atoms with van der Waals surface area (Å²) in [6.07, 6.45) is 11.9. The summed E-state index contributed by atoms with van der Waals surface area (Å²) < 4.78 is 7.61. The zero-order valence-corrected chi connectivity index (χ0v) is 12.1. The average Bonchev–Trinajstić information content (AvgIpc) is 2.88. The van der Waals surface area contributed by atoms with Crippen LogP contribution in [-0.2, 0) is 6.54 Å². The number of aryl methyl sites for hydroxylation is 1. The molecule has 4 nitrogen and oxygen atoms in total. The number of nitrogens with one attached hydrogen (secondary N) is 1.